The Morgan fingerprint density at radius 1 is 0.615 bits per heavy atom. The van der Waals surface area contributed by atoms with Gasteiger partial charge in [0, 0.05) is 13.2 Å². The highest BCUT2D eigenvalue weighted by molar-refractivity contribution is 14.1. The highest BCUT2D eigenvalue weighted by atomic mass is 127. The van der Waals surface area contributed by atoms with Crippen molar-refractivity contribution in [3.8, 4) is 11.5 Å². The van der Waals surface area contributed by atoms with Gasteiger partial charge in [0.15, 0.2) is 0 Å². The van der Waals surface area contributed by atoms with Crippen LogP contribution in [0.2, 0.25) is 0 Å². The van der Waals surface area contributed by atoms with E-state index in [1.54, 1.807) is 0 Å². The Kier molecular flexibility index (Phi) is 7.15. The van der Waals surface area contributed by atoms with E-state index in [-0.39, 0.29) is 6.61 Å². The Hall–Kier alpha value is -1.32. The summed E-state index contributed by atoms with van der Waals surface area (Å²) in [6.45, 7) is 0.894. The molecular weight excluding hydrogens is 554 g/mol. The lowest BCUT2D eigenvalue weighted by Crippen LogP contribution is -1.99. The van der Waals surface area contributed by atoms with Crippen molar-refractivity contribution in [2.24, 2.45) is 0 Å². The van der Waals surface area contributed by atoms with Crippen molar-refractivity contribution in [2.45, 2.75) is 19.8 Å². The van der Waals surface area contributed by atoms with Gasteiger partial charge in [-0.25, -0.2) is 0 Å². The Balaban J connectivity index is 1.67. The zero-order valence-corrected chi connectivity index (χ0v) is 18.3. The first-order valence-corrected chi connectivity index (χ1v) is 10.3. The maximum Gasteiger partial charge on any atom is 0.123 e. The number of aliphatic hydroxyl groups is 1. The third-order valence-corrected chi connectivity index (χ3v) is 5.20. The first-order valence-electron chi connectivity index (χ1n) is 8.12. The summed E-state index contributed by atoms with van der Waals surface area (Å²) in [6, 6.07) is 21.9. The number of ether oxygens (including phenoxy) is 2. The summed E-state index contributed by atoms with van der Waals surface area (Å²) < 4.78 is 14.2. The highest BCUT2D eigenvalue weighted by Crippen LogP contribution is 2.25. The van der Waals surface area contributed by atoms with Crippen LogP contribution in [0.15, 0.2) is 66.7 Å². The third kappa shape index (κ3) is 5.85. The molecule has 5 heteroatoms. The molecule has 3 nitrogen and oxygen atoms in total. The van der Waals surface area contributed by atoms with Crippen LogP contribution in [0.3, 0.4) is 0 Å². The summed E-state index contributed by atoms with van der Waals surface area (Å²) in [5.41, 5.74) is 2.96. The van der Waals surface area contributed by atoms with Crippen LogP contribution in [0.5, 0.6) is 11.5 Å². The minimum Gasteiger partial charge on any atom is -0.489 e. The van der Waals surface area contributed by atoms with Gasteiger partial charge in [-0.1, -0.05) is 24.3 Å². The van der Waals surface area contributed by atoms with Crippen LogP contribution < -0.4 is 9.47 Å². The summed E-state index contributed by atoms with van der Waals surface area (Å²) in [7, 11) is 0. The van der Waals surface area contributed by atoms with E-state index in [2.05, 4.69) is 69.4 Å². The molecule has 1 N–H and O–H groups in total. The zero-order valence-electron chi connectivity index (χ0n) is 14.0. The second-order valence-electron chi connectivity index (χ2n) is 5.80. The minimum atomic E-state index is -0.0549. The molecular formula is C21H18I2O3. The van der Waals surface area contributed by atoms with E-state index >= 15 is 0 Å². The van der Waals surface area contributed by atoms with E-state index in [0.29, 0.717) is 24.7 Å². The van der Waals surface area contributed by atoms with Crippen molar-refractivity contribution in [2.75, 3.05) is 0 Å². The van der Waals surface area contributed by atoms with E-state index < -0.39 is 0 Å². The fraction of sp³-hybridized carbons (Fsp3) is 0.143. The van der Waals surface area contributed by atoms with Crippen LogP contribution in [0, 0.1) is 7.14 Å². The molecule has 3 rings (SSSR count). The molecule has 0 aliphatic heterocycles. The average molecular weight is 572 g/mol. The fourth-order valence-electron chi connectivity index (χ4n) is 2.38. The molecule has 0 saturated carbocycles. The van der Waals surface area contributed by atoms with E-state index in [0.717, 1.165) is 16.7 Å². The van der Waals surface area contributed by atoms with Gasteiger partial charge >= 0.3 is 0 Å². The van der Waals surface area contributed by atoms with Crippen LogP contribution >= 0.6 is 45.2 Å². The molecule has 0 aromatic heterocycles. The number of hydrogen-bond acceptors (Lipinski definition) is 3. The van der Waals surface area contributed by atoms with Gasteiger partial charge in [0.05, 0.1) is 6.61 Å². The monoisotopic (exact) mass is 572 g/mol. The van der Waals surface area contributed by atoms with Crippen molar-refractivity contribution >= 4 is 45.2 Å². The maximum absolute atomic E-state index is 9.51. The third-order valence-electron chi connectivity index (χ3n) is 3.76. The number of hydrogen-bond donors (Lipinski definition) is 1. The lowest BCUT2D eigenvalue weighted by atomic mass is 10.2. The summed E-state index contributed by atoms with van der Waals surface area (Å²) in [5, 5.41) is 9.51. The molecule has 0 fully saturated rings. The van der Waals surface area contributed by atoms with Gasteiger partial charge in [0.25, 0.3) is 0 Å². The van der Waals surface area contributed by atoms with Crippen LogP contribution in [-0.2, 0) is 19.8 Å². The van der Waals surface area contributed by atoms with Crippen molar-refractivity contribution in [1.82, 2.24) is 0 Å². The molecule has 3 aromatic rings. The minimum absolute atomic E-state index is 0.0549. The van der Waals surface area contributed by atoms with Crippen molar-refractivity contribution in [3.05, 3.63) is 90.6 Å². The lowest BCUT2D eigenvalue weighted by Gasteiger charge is -2.12. The van der Waals surface area contributed by atoms with E-state index in [4.69, 9.17) is 9.47 Å². The van der Waals surface area contributed by atoms with Crippen LogP contribution in [0.4, 0.5) is 0 Å². The highest BCUT2D eigenvalue weighted by Gasteiger charge is 2.05. The Morgan fingerprint density at radius 3 is 1.42 bits per heavy atom. The number of rotatable bonds is 7. The largest absolute Gasteiger partial charge is 0.489 e. The van der Waals surface area contributed by atoms with E-state index in [1.165, 1.54) is 7.14 Å². The van der Waals surface area contributed by atoms with Crippen molar-refractivity contribution in [3.63, 3.8) is 0 Å². The average Bonchev–Trinajstić information content (AvgIpc) is 2.67. The van der Waals surface area contributed by atoms with E-state index in [9.17, 15) is 5.11 Å². The first kappa shape index (κ1) is 19.4. The molecule has 134 valence electrons. The van der Waals surface area contributed by atoms with Gasteiger partial charge in [0.1, 0.15) is 24.7 Å². The summed E-state index contributed by atoms with van der Waals surface area (Å²) in [6.07, 6.45) is 0. The van der Waals surface area contributed by atoms with Gasteiger partial charge in [0.2, 0.25) is 0 Å². The molecule has 0 atom stereocenters. The van der Waals surface area contributed by atoms with Crippen LogP contribution in [0.25, 0.3) is 0 Å². The topological polar surface area (TPSA) is 38.7 Å². The Labute approximate surface area is 180 Å². The molecule has 0 amide bonds. The van der Waals surface area contributed by atoms with E-state index in [1.807, 2.05) is 42.5 Å². The molecule has 0 aliphatic carbocycles. The van der Waals surface area contributed by atoms with Gasteiger partial charge < -0.3 is 14.6 Å². The molecule has 0 unspecified atom stereocenters. The second kappa shape index (κ2) is 9.57. The molecule has 0 bridgehead atoms. The van der Waals surface area contributed by atoms with Crippen LogP contribution in [0.1, 0.15) is 16.7 Å². The quantitative estimate of drug-likeness (QED) is 0.378. The second-order valence-corrected chi connectivity index (χ2v) is 8.29. The lowest BCUT2D eigenvalue weighted by molar-refractivity contribution is 0.271. The van der Waals surface area contributed by atoms with Gasteiger partial charge in [-0.3, -0.25) is 0 Å². The fourth-order valence-corrected chi connectivity index (χ4v) is 3.10. The maximum atomic E-state index is 9.51. The molecule has 0 saturated heterocycles. The molecule has 26 heavy (non-hydrogen) atoms. The number of halogens is 2. The predicted molar refractivity (Wildman–Crippen MR) is 119 cm³/mol. The molecule has 0 radical (unpaired) electrons. The van der Waals surface area contributed by atoms with Crippen LogP contribution in [-0.4, -0.2) is 5.11 Å². The molecule has 0 spiro atoms. The molecule has 0 heterocycles. The van der Waals surface area contributed by atoms with Crippen molar-refractivity contribution < 1.29 is 14.6 Å². The predicted octanol–water partition coefficient (Wildman–Crippen LogP) is 5.55. The van der Waals surface area contributed by atoms with Gasteiger partial charge in [-0.2, -0.15) is 0 Å². The smallest absolute Gasteiger partial charge is 0.123 e. The summed E-state index contributed by atoms with van der Waals surface area (Å²) >= 11 is 4.56. The molecule has 0 aliphatic rings. The van der Waals surface area contributed by atoms with Gasteiger partial charge in [-0.05, 0) is 98.3 Å². The number of benzene rings is 3. The zero-order chi connectivity index (χ0) is 18.4. The first-order chi connectivity index (χ1) is 12.6. The summed E-state index contributed by atoms with van der Waals surface area (Å²) in [4.78, 5) is 0. The van der Waals surface area contributed by atoms with Crippen molar-refractivity contribution in [1.29, 1.82) is 0 Å². The normalized spacial score (nSPS) is 10.6. The standard InChI is InChI=1S/C21H18I2O3/c22-18-5-1-15(2-6-18)13-25-20-9-17(12-24)10-21(11-20)26-14-16-3-7-19(23)8-4-16/h1-11,24H,12-14H2. The Morgan fingerprint density at radius 2 is 1.04 bits per heavy atom. The van der Waals surface area contributed by atoms with Gasteiger partial charge in [-0.15, -0.1) is 0 Å². The number of aliphatic hydroxyl groups excluding tert-OH is 1. The Bertz CT molecular complexity index is 778. The summed E-state index contributed by atoms with van der Waals surface area (Å²) in [5.74, 6) is 1.38. The molecule has 3 aromatic carbocycles. The SMILES string of the molecule is OCc1cc(OCc2ccc(I)cc2)cc(OCc2ccc(I)cc2)c1.